The van der Waals surface area contributed by atoms with E-state index in [2.05, 4.69) is 0 Å². The highest BCUT2D eigenvalue weighted by Gasteiger charge is 2.28. The van der Waals surface area contributed by atoms with Gasteiger partial charge in [0.05, 0.1) is 11.6 Å². The van der Waals surface area contributed by atoms with Gasteiger partial charge < -0.3 is 20.5 Å². The molecule has 0 aromatic heterocycles. The molecule has 18 heavy (non-hydrogen) atoms. The molecule has 0 bridgehead atoms. The van der Waals surface area contributed by atoms with Gasteiger partial charge in [-0.1, -0.05) is 0 Å². The molecule has 0 aliphatic carbocycles. The van der Waals surface area contributed by atoms with E-state index in [-0.39, 0.29) is 5.91 Å². The number of nitrogens with two attached hydrogens (primary N) is 1. The molecule has 1 saturated heterocycles. The first-order chi connectivity index (χ1) is 8.46. The van der Waals surface area contributed by atoms with Gasteiger partial charge >= 0.3 is 0 Å². The van der Waals surface area contributed by atoms with Crippen LogP contribution in [0.25, 0.3) is 0 Å². The molecule has 0 aromatic carbocycles. The molecule has 1 aliphatic rings. The summed E-state index contributed by atoms with van der Waals surface area (Å²) in [6, 6.07) is -0.441. The van der Waals surface area contributed by atoms with Crippen molar-refractivity contribution in [3.05, 3.63) is 0 Å². The van der Waals surface area contributed by atoms with Crippen LogP contribution in [0.5, 0.6) is 0 Å². The number of likely N-dealkylation sites (tertiary alicyclic amines) is 1. The van der Waals surface area contributed by atoms with Crippen molar-refractivity contribution in [3.63, 3.8) is 0 Å². The number of ether oxygens (including phenoxy) is 1. The van der Waals surface area contributed by atoms with Gasteiger partial charge in [0.15, 0.2) is 0 Å². The number of carbonyl (C=O) groups is 1. The Hall–Kier alpha value is -0.650. The molecule has 1 fully saturated rings. The summed E-state index contributed by atoms with van der Waals surface area (Å²) in [5.74, 6) is 0.00352. The van der Waals surface area contributed by atoms with Crippen LogP contribution in [-0.2, 0) is 9.53 Å². The lowest BCUT2D eigenvalue weighted by molar-refractivity contribution is -0.132. The average molecular weight is 258 g/mol. The molecular weight excluding hydrogens is 232 g/mol. The molecule has 0 spiro atoms. The van der Waals surface area contributed by atoms with Gasteiger partial charge in [-0.3, -0.25) is 4.79 Å². The Kier molecular flexibility index (Phi) is 6.05. The van der Waals surface area contributed by atoms with E-state index in [9.17, 15) is 9.90 Å². The third kappa shape index (κ3) is 4.92. The maximum absolute atomic E-state index is 12.1. The van der Waals surface area contributed by atoms with Crippen LogP contribution in [0.2, 0.25) is 0 Å². The number of methoxy groups -OCH3 is 1. The quantitative estimate of drug-likeness (QED) is 0.704. The molecule has 1 amide bonds. The van der Waals surface area contributed by atoms with Crippen molar-refractivity contribution < 1.29 is 14.6 Å². The number of nitrogens with zero attached hydrogens (tertiary/aromatic N) is 1. The normalized spacial score (nSPS) is 26.8. The van der Waals surface area contributed by atoms with Crippen LogP contribution in [0.4, 0.5) is 0 Å². The molecule has 0 saturated carbocycles. The minimum atomic E-state index is -0.644. The first-order valence-electron chi connectivity index (χ1n) is 6.72. The van der Waals surface area contributed by atoms with Crippen molar-refractivity contribution in [2.75, 3.05) is 26.8 Å². The van der Waals surface area contributed by atoms with Gasteiger partial charge in [-0.2, -0.15) is 0 Å². The summed E-state index contributed by atoms with van der Waals surface area (Å²) in [6.45, 7) is 3.77. The number of hydrogen-bond acceptors (Lipinski definition) is 4. The molecule has 1 aliphatic heterocycles. The predicted octanol–water partition coefficient (Wildman–Crippen LogP) is 0.504. The zero-order valence-corrected chi connectivity index (χ0v) is 11.5. The maximum Gasteiger partial charge on any atom is 0.239 e. The molecule has 5 nitrogen and oxygen atoms in total. The standard InChI is InChI=1S/C13H26N2O3/c1-13(17)6-4-8-15(9-7-13)12(16)11(14)5-3-10-18-2/h11,17H,3-10,14H2,1-2H3. The van der Waals surface area contributed by atoms with Crippen molar-refractivity contribution in [2.45, 2.75) is 50.7 Å². The second-order valence-corrected chi connectivity index (χ2v) is 5.42. The Morgan fingerprint density at radius 1 is 1.50 bits per heavy atom. The van der Waals surface area contributed by atoms with E-state index in [4.69, 9.17) is 10.5 Å². The van der Waals surface area contributed by atoms with Crippen LogP contribution >= 0.6 is 0 Å². The zero-order valence-electron chi connectivity index (χ0n) is 11.5. The Morgan fingerprint density at radius 3 is 2.89 bits per heavy atom. The van der Waals surface area contributed by atoms with Gasteiger partial charge in [0.25, 0.3) is 0 Å². The van der Waals surface area contributed by atoms with E-state index in [1.54, 1.807) is 12.0 Å². The first-order valence-corrected chi connectivity index (χ1v) is 6.72. The van der Waals surface area contributed by atoms with Gasteiger partial charge in [0, 0.05) is 26.8 Å². The first kappa shape index (κ1) is 15.4. The molecule has 5 heteroatoms. The molecule has 0 aromatic rings. The Bertz CT molecular complexity index is 269. The van der Waals surface area contributed by atoms with Gasteiger partial charge in [0.1, 0.15) is 0 Å². The minimum absolute atomic E-state index is 0.00352. The van der Waals surface area contributed by atoms with Crippen molar-refractivity contribution in [2.24, 2.45) is 5.73 Å². The van der Waals surface area contributed by atoms with Crippen LogP contribution in [0.3, 0.4) is 0 Å². The number of rotatable bonds is 5. The van der Waals surface area contributed by atoms with Crippen molar-refractivity contribution >= 4 is 5.91 Å². The SMILES string of the molecule is COCCCC(N)C(=O)N1CCCC(C)(O)CC1. The largest absolute Gasteiger partial charge is 0.390 e. The van der Waals surface area contributed by atoms with Crippen LogP contribution < -0.4 is 5.73 Å². The van der Waals surface area contributed by atoms with Crippen LogP contribution in [0.15, 0.2) is 0 Å². The lowest BCUT2D eigenvalue weighted by atomic mass is 9.98. The third-order valence-corrected chi connectivity index (χ3v) is 3.56. The molecule has 2 unspecified atom stereocenters. The summed E-state index contributed by atoms with van der Waals surface area (Å²) < 4.78 is 4.95. The average Bonchev–Trinajstić information content (AvgIpc) is 2.49. The highest BCUT2D eigenvalue weighted by Crippen LogP contribution is 2.21. The van der Waals surface area contributed by atoms with E-state index in [0.29, 0.717) is 32.5 Å². The number of amides is 1. The lowest BCUT2D eigenvalue weighted by Gasteiger charge is -2.25. The fraction of sp³-hybridized carbons (Fsp3) is 0.923. The number of hydrogen-bond donors (Lipinski definition) is 2. The molecule has 2 atom stereocenters. The van der Waals surface area contributed by atoms with E-state index in [1.807, 2.05) is 6.92 Å². The fourth-order valence-corrected chi connectivity index (χ4v) is 2.29. The lowest BCUT2D eigenvalue weighted by Crippen LogP contribution is -2.44. The van der Waals surface area contributed by atoms with E-state index in [1.165, 1.54) is 0 Å². The van der Waals surface area contributed by atoms with Gasteiger partial charge in [-0.15, -0.1) is 0 Å². The highest BCUT2D eigenvalue weighted by molar-refractivity contribution is 5.81. The summed E-state index contributed by atoms with van der Waals surface area (Å²) >= 11 is 0. The predicted molar refractivity (Wildman–Crippen MR) is 70.1 cm³/mol. The smallest absolute Gasteiger partial charge is 0.239 e. The second-order valence-electron chi connectivity index (χ2n) is 5.42. The van der Waals surface area contributed by atoms with Crippen molar-refractivity contribution in [1.82, 2.24) is 4.90 Å². The molecule has 1 rings (SSSR count). The zero-order chi connectivity index (χ0) is 13.6. The Labute approximate surface area is 109 Å². The highest BCUT2D eigenvalue weighted by atomic mass is 16.5. The summed E-state index contributed by atoms with van der Waals surface area (Å²) in [5.41, 5.74) is 5.25. The van der Waals surface area contributed by atoms with Gasteiger partial charge in [0.2, 0.25) is 5.91 Å². The topological polar surface area (TPSA) is 75.8 Å². The summed E-state index contributed by atoms with van der Waals surface area (Å²) in [4.78, 5) is 13.9. The molecule has 0 radical (unpaired) electrons. The van der Waals surface area contributed by atoms with Crippen molar-refractivity contribution in [1.29, 1.82) is 0 Å². The Morgan fingerprint density at radius 2 is 2.22 bits per heavy atom. The second kappa shape index (κ2) is 7.07. The van der Waals surface area contributed by atoms with Crippen LogP contribution in [0.1, 0.15) is 39.0 Å². The summed E-state index contributed by atoms with van der Waals surface area (Å²) in [7, 11) is 1.64. The molecular formula is C13H26N2O3. The fourth-order valence-electron chi connectivity index (χ4n) is 2.29. The summed E-state index contributed by atoms with van der Waals surface area (Å²) in [6.07, 6.45) is 3.66. The molecule has 1 heterocycles. The molecule has 3 N–H and O–H groups in total. The maximum atomic E-state index is 12.1. The van der Waals surface area contributed by atoms with Crippen LogP contribution in [0, 0.1) is 0 Å². The van der Waals surface area contributed by atoms with Crippen molar-refractivity contribution in [3.8, 4) is 0 Å². The number of carbonyl (C=O) groups excluding carboxylic acids is 1. The van der Waals surface area contributed by atoms with Gasteiger partial charge in [-0.05, 0) is 39.0 Å². The molecule has 106 valence electrons. The Balaban J connectivity index is 2.41. The van der Waals surface area contributed by atoms with Gasteiger partial charge in [-0.25, -0.2) is 0 Å². The monoisotopic (exact) mass is 258 g/mol. The van der Waals surface area contributed by atoms with E-state index < -0.39 is 11.6 Å². The summed E-state index contributed by atoms with van der Waals surface area (Å²) in [5, 5.41) is 9.98. The van der Waals surface area contributed by atoms with Crippen LogP contribution in [-0.4, -0.2) is 54.4 Å². The van der Waals surface area contributed by atoms with E-state index >= 15 is 0 Å². The number of aliphatic hydroxyl groups is 1. The third-order valence-electron chi connectivity index (χ3n) is 3.56. The van der Waals surface area contributed by atoms with E-state index in [0.717, 1.165) is 19.3 Å². The minimum Gasteiger partial charge on any atom is -0.390 e.